The van der Waals surface area contributed by atoms with Crippen molar-refractivity contribution in [3.05, 3.63) is 0 Å². The molecule has 2 atom stereocenters. The minimum Gasteiger partial charge on any atom is -0.469 e. The number of rotatable bonds is 5. The molecule has 1 N–H and O–H groups in total. The van der Waals surface area contributed by atoms with Crippen LogP contribution in [0.3, 0.4) is 0 Å². The lowest BCUT2D eigenvalue weighted by Crippen LogP contribution is -2.36. The molecule has 0 bridgehead atoms. The number of carbonyl (C=O) groups excluding carboxylic acids is 1. The SMILES string of the molecule is COC(=O)[C@H](C)CN[C@H](C)C(C)C. The maximum atomic E-state index is 11.0. The Morgan fingerprint density at radius 2 is 1.85 bits per heavy atom. The average Bonchev–Trinajstić information content (AvgIpc) is 2.11. The Morgan fingerprint density at radius 3 is 2.23 bits per heavy atom. The highest BCUT2D eigenvalue weighted by atomic mass is 16.5. The van der Waals surface area contributed by atoms with Gasteiger partial charge in [0.05, 0.1) is 13.0 Å². The van der Waals surface area contributed by atoms with Crippen LogP contribution in [0.25, 0.3) is 0 Å². The summed E-state index contributed by atoms with van der Waals surface area (Å²) in [5, 5.41) is 3.30. The Hall–Kier alpha value is -0.570. The molecule has 0 aliphatic heterocycles. The van der Waals surface area contributed by atoms with E-state index in [9.17, 15) is 4.79 Å². The molecule has 0 aromatic rings. The van der Waals surface area contributed by atoms with E-state index in [1.54, 1.807) is 0 Å². The lowest BCUT2D eigenvalue weighted by atomic mass is 10.1. The second kappa shape index (κ2) is 5.97. The predicted molar refractivity (Wildman–Crippen MR) is 53.5 cm³/mol. The van der Waals surface area contributed by atoms with Crippen LogP contribution in [0.2, 0.25) is 0 Å². The third kappa shape index (κ3) is 4.88. The van der Waals surface area contributed by atoms with E-state index in [0.29, 0.717) is 18.5 Å². The molecule has 3 nitrogen and oxygen atoms in total. The van der Waals surface area contributed by atoms with Crippen LogP contribution in [-0.4, -0.2) is 25.7 Å². The van der Waals surface area contributed by atoms with Crippen molar-refractivity contribution in [2.45, 2.75) is 33.7 Å². The zero-order valence-corrected chi connectivity index (χ0v) is 9.26. The van der Waals surface area contributed by atoms with Gasteiger partial charge >= 0.3 is 5.97 Å². The topological polar surface area (TPSA) is 38.3 Å². The lowest BCUT2D eigenvalue weighted by molar-refractivity contribution is -0.144. The lowest BCUT2D eigenvalue weighted by Gasteiger charge is -2.19. The first-order valence-electron chi connectivity index (χ1n) is 4.80. The number of hydrogen-bond donors (Lipinski definition) is 1. The van der Waals surface area contributed by atoms with Gasteiger partial charge in [-0.15, -0.1) is 0 Å². The molecule has 0 aliphatic carbocycles. The molecule has 0 heterocycles. The molecule has 78 valence electrons. The first-order chi connectivity index (χ1) is 5.99. The summed E-state index contributed by atoms with van der Waals surface area (Å²) in [5.41, 5.74) is 0. The van der Waals surface area contributed by atoms with E-state index in [-0.39, 0.29) is 11.9 Å². The van der Waals surface area contributed by atoms with Crippen LogP contribution in [0.5, 0.6) is 0 Å². The number of carbonyl (C=O) groups is 1. The van der Waals surface area contributed by atoms with Gasteiger partial charge in [-0.05, 0) is 12.8 Å². The first kappa shape index (κ1) is 12.4. The zero-order chi connectivity index (χ0) is 10.4. The second-order valence-corrected chi connectivity index (χ2v) is 3.87. The maximum Gasteiger partial charge on any atom is 0.309 e. The van der Waals surface area contributed by atoms with Gasteiger partial charge < -0.3 is 10.1 Å². The van der Waals surface area contributed by atoms with Crippen molar-refractivity contribution in [1.29, 1.82) is 0 Å². The fourth-order valence-corrected chi connectivity index (χ4v) is 0.883. The smallest absolute Gasteiger partial charge is 0.309 e. The van der Waals surface area contributed by atoms with Crippen molar-refractivity contribution in [3.8, 4) is 0 Å². The van der Waals surface area contributed by atoms with Gasteiger partial charge in [-0.3, -0.25) is 4.79 Å². The minimum absolute atomic E-state index is 0.0637. The monoisotopic (exact) mass is 187 g/mol. The summed E-state index contributed by atoms with van der Waals surface area (Å²) in [6, 6.07) is 0.437. The van der Waals surface area contributed by atoms with E-state index in [2.05, 4.69) is 30.8 Å². The van der Waals surface area contributed by atoms with E-state index >= 15 is 0 Å². The molecule has 0 amide bonds. The number of ether oxygens (including phenoxy) is 1. The van der Waals surface area contributed by atoms with Crippen LogP contribution in [0.1, 0.15) is 27.7 Å². The molecule has 0 radical (unpaired) electrons. The molecular formula is C10H21NO2. The normalized spacial score (nSPS) is 15.5. The molecule has 0 saturated heterocycles. The largest absolute Gasteiger partial charge is 0.469 e. The van der Waals surface area contributed by atoms with Gasteiger partial charge in [0.15, 0.2) is 0 Å². The fourth-order valence-electron chi connectivity index (χ4n) is 0.883. The first-order valence-corrected chi connectivity index (χ1v) is 4.80. The zero-order valence-electron chi connectivity index (χ0n) is 9.26. The third-order valence-electron chi connectivity index (χ3n) is 2.35. The summed E-state index contributed by atoms with van der Waals surface area (Å²) in [5.74, 6) is 0.375. The van der Waals surface area contributed by atoms with Gasteiger partial charge in [-0.25, -0.2) is 0 Å². The van der Waals surface area contributed by atoms with E-state index in [1.165, 1.54) is 7.11 Å². The third-order valence-corrected chi connectivity index (χ3v) is 2.35. The highest BCUT2D eigenvalue weighted by molar-refractivity contribution is 5.72. The van der Waals surface area contributed by atoms with E-state index in [1.807, 2.05) is 6.92 Å². The summed E-state index contributed by atoms with van der Waals surface area (Å²) < 4.78 is 4.63. The summed E-state index contributed by atoms with van der Waals surface area (Å²) in [6.07, 6.45) is 0. The van der Waals surface area contributed by atoms with E-state index in [4.69, 9.17) is 0 Å². The Morgan fingerprint density at radius 1 is 1.31 bits per heavy atom. The number of nitrogens with one attached hydrogen (secondary N) is 1. The van der Waals surface area contributed by atoms with Crippen LogP contribution in [0.4, 0.5) is 0 Å². The van der Waals surface area contributed by atoms with Crippen LogP contribution < -0.4 is 5.32 Å². The molecular weight excluding hydrogens is 166 g/mol. The molecule has 0 unspecified atom stereocenters. The minimum atomic E-state index is -0.150. The van der Waals surface area contributed by atoms with Gasteiger partial charge in [0.2, 0.25) is 0 Å². The van der Waals surface area contributed by atoms with Gasteiger partial charge in [-0.1, -0.05) is 20.8 Å². The summed E-state index contributed by atoms with van der Waals surface area (Å²) in [4.78, 5) is 11.0. The predicted octanol–water partition coefficient (Wildman–Crippen LogP) is 1.43. The van der Waals surface area contributed by atoms with Crippen LogP contribution >= 0.6 is 0 Å². The summed E-state index contributed by atoms with van der Waals surface area (Å²) >= 11 is 0. The van der Waals surface area contributed by atoms with Crippen molar-refractivity contribution in [2.24, 2.45) is 11.8 Å². The van der Waals surface area contributed by atoms with Crippen molar-refractivity contribution in [3.63, 3.8) is 0 Å². The highest BCUT2D eigenvalue weighted by Gasteiger charge is 2.14. The van der Waals surface area contributed by atoms with E-state index in [0.717, 1.165) is 0 Å². The van der Waals surface area contributed by atoms with Gasteiger partial charge in [-0.2, -0.15) is 0 Å². The van der Waals surface area contributed by atoms with Crippen LogP contribution in [0.15, 0.2) is 0 Å². The van der Waals surface area contributed by atoms with Gasteiger partial charge in [0.1, 0.15) is 0 Å². The molecule has 0 fully saturated rings. The highest BCUT2D eigenvalue weighted by Crippen LogP contribution is 2.02. The van der Waals surface area contributed by atoms with Crippen molar-refractivity contribution < 1.29 is 9.53 Å². The van der Waals surface area contributed by atoms with Crippen LogP contribution in [0, 0.1) is 11.8 Å². The molecule has 0 aliphatic rings. The van der Waals surface area contributed by atoms with Crippen LogP contribution in [-0.2, 0) is 9.53 Å². The van der Waals surface area contributed by atoms with Gasteiger partial charge in [0.25, 0.3) is 0 Å². The number of hydrogen-bond acceptors (Lipinski definition) is 3. The quantitative estimate of drug-likeness (QED) is 0.662. The number of esters is 1. The average molecular weight is 187 g/mol. The standard InChI is InChI=1S/C10H21NO2/c1-7(2)9(4)11-6-8(3)10(12)13-5/h7-9,11H,6H2,1-5H3/t8-,9-/m1/s1. The van der Waals surface area contributed by atoms with Crippen molar-refractivity contribution >= 4 is 5.97 Å². The fraction of sp³-hybridized carbons (Fsp3) is 0.900. The number of methoxy groups -OCH3 is 1. The Labute approximate surface area is 80.8 Å². The molecule has 0 aromatic heterocycles. The molecule has 13 heavy (non-hydrogen) atoms. The molecule has 0 aromatic carbocycles. The molecule has 0 saturated carbocycles. The molecule has 3 heteroatoms. The van der Waals surface area contributed by atoms with Crippen molar-refractivity contribution in [2.75, 3.05) is 13.7 Å². The summed E-state index contributed by atoms with van der Waals surface area (Å²) in [6.45, 7) is 8.98. The second-order valence-electron chi connectivity index (χ2n) is 3.87. The molecule has 0 spiro atoms. The summed E-state index contributed by atoms with van der Waals surface area (Å²) in [7, 11) is 1.42. The van der Waals surface area contributed by atoms with Crippen molar-refractivity contribution in [1.82, 2.24) is 5.32 Å². The molecule has 0 rings (SSSR count). The van der Waals surface area contributed by atoms with E-state index < -0.39 is 0 Å². The Kier molecular flexibility index (Phi) is 5.71. The Bertz CT molecular complexity index is 157. The Balaban J connectivity index is 3.69. The maximum absolute atomic E-state index is 11.0. The van der Waals surface area contributed by atoms with Gasteiger partial charge in [0, 0.05) is 12.6 Å².